The molecule has 0 unspecified atom stereocenters. The number of halogens is 1. The van der Waals surface area contributed by atoms with E-state index in [1.165, 1.54) is 19.1 Å². The molecule has 2 aromatic rings. The van der Waals surface area contributed by atoms with Crippen LogP contribution in [0.15, 0.2) is 59.5 Å². The number of sulfonamides is 1. The second kappa shape index (κ2) is 7.55. The zero-order valence-corrected chi connectivity index (χ0v) is 14.2. The van der Waals surface area contributed by atoms with Gasteiger partial charge in [-0.1, -0.05) is 42.5 Å². The molecule has 0 bridgehead atoms. The Bertz CT molecular complexity index is 810. The van der Waals surface area contributed by atoms with E-state index >= 15 is 0 Å². The van der Waals surface area contributed by atoms with E-state index in [1.54, 1.807) is 6.92 Å². The van der Waals surface area contributed by atoms with E-state index in [-0.39, 0.29) is 6.04 Å². The Morgan fingerprint density at radius 2 is 1.58 bits per heavy atom. The van der Waals surface area contributed by atoms with Gasteiger partial charge in [0.25, 0.3) is 0 Å². The Morgan fingerprint density at radius 1 is 1.00 bits per heavy atom. The van der Waals surface area contributed by atoms with Crippen molar-refractivity contribution < 1.29 is 17.6 Å². The molecule has 0 aliphatic carbocycles. The van der Waals surface area contributed by atoms with Gasteiger partial charge in [0, 0.05) is 0 Å². The number of rotatable bonds is 6. The standard InChI is InChI=1S/C17H19FN2O3S/c1-12(14-8-4-3-5-9-14)19-17(21)13(2)20-24(22,23)16-11-7-6-10-15(16)18/h3-13,20H,1-2H3,(H,19,21)/t12-,13-/m0/s1. The van der Waals surface area contributed by atoms with Crippen LogP contribution in [0.25, 0.3) is 0 Å². The molecule has 2 aromatic carbocycles. The highest BCUT2D eigenvalue weighted by Gasteiger charge is 2.25. The van der Waals surface area contributed by atoms with E-state index in [1.807, 2.05) is 30.3 Å². The van der Waals surface area contributed by atoms with Crippen molar-refractivity contribution >= 4 is 15.9 Å². The zero-order chi connectivity index (χ0) is 17.7. The van der Waals surface area contributed by atoms with E-state index in [9.17, 15) is 17.6 Å². The first-order valence-electron chi connectivity index (χ1n) is 7.43. The highest BCUT2D eigenvalue weighted by atomic mass is 32.2. The molecule has 0 aliphatic heterocycles. The highest BCUT2D eigenvalue weighted by molar-refractivity contribution is 7.89. The van der Waals surface area contributed by atoms with Crippen LogP contribution in [0.1, 0.15) is 25.5 Å². The first-order chi connectivity index (χ1) is 11.3. The minimum Gasteiger partial charge on any atom is -0.348 e. The predicted octanol–water partition coefficient (Wildman–Crippen LogP) is 2.37. The lowest BCUT2D eigenvalue weighted by Gasteiger charge is -2.19. The first kappa shape index (κ1) is 18.1. The first-order valence-corrected chi connectivity index (χ1v) is 8.92. The molecule has 2 rings (SSSR count). The fraction of sp³-hybridized carbons (Fsp3) is 0.235. The summed E-state index contributed by atoms with van der Waals surface area (Å²) < 4.78 is 40.2. The summed E-state index contributed by atoms with van der Waals surface area (Å²) in [6, 6.07) is 13.0. The van der Waals surface area contributed by atoms with Gasteiger partial charge in [-0.3, -0.25) is 4.79 Å². The van der Waals surface area contributed by atoms with Crippen molar-refractivity contribution in [1.29, 1.82) is 0 Å². The lowest BCUT2D eigenvalue weighted by molar-refractivity contribution is -0.123. The molecule has 0 saturated heterocycles. The molecule has 5 nitrogen and oxygen atoms in total. The third-order valence-electron chi connectivity index (χ3n) is 3.51. The maximum absolute atomic E-state index is 13.6. The fourth-order valence-corrected chi connectivity index (χ4v) is 3.46. The molecule has 0 heterocycles. The third-order valence-corrected chi connectivity index (χ3v) is 5.08. The number of nitrogens with one attached hydrogen (secondary N) is 2. The normalized spacial score (nSPS) is 14.0. The van der Waals surface area contributed by atoms with Gasteiger partial charge in [-0.2, -0.15) is 4.72 Å². The Labute approximate surface area is 141 Å². The Kier molecular flexibility index (Phi) is 5.69. The van der Waals surface area contributed by atoms with Crippen LogP contribution < -0.4 is 10.0 Å². The molecule has 128 valence electrons. The van der Waals surface area contributed by atoms with Gasteiger partial charge < -0.3 is 5.32 Å². The molecule has 0 radical (unpaired) electrons. The summed E-state index contributed by atoms with van der Waals surface area (Å²) in [4.78, 5) is 11.7. The second-order valence-corrected chi connectivity index (χ2v) is 7.10. The highest BCUT2D eigenvalue weighted by Crippen LogP contribution is 2.14. The lowest BCUT2D eigenvalue weighted by Crippen LogP contribution is -2.45. The SMILES string of the molecule is C[C@H](NS(=O)(=O)c1ccccc1F)C(=O)N[C@@H](C)c1ccccc1. The van der Waals surface area contributed by atoms with Crippen molar-refractivity contribution in [3.63, 3.8) is 0 Å². The van der Waals surface area contributed by atoms with Gasteiger partial charge in [-0.15, -0.1) is 0 Å². The van der Waals surface area contributed by atoms with Gasteiger partial charge in [0.2, 0.25) is 15.9 Å². The summed E-state index contributed by atoms with van der Waals surface area (Å²) in [5.74, 6) is -1.36. The van der Waals surface area contributed by atoms with E-state index < -0.39 is 32.7 Å². The van der Waals surface area contributed by atoms with E-state index in [4.69, 9.17) is 0 Å². The molecule has 0 aromatic heterocycles. The predicted molar refractivity (Wildman–Crippen MR) is 89.2 cm³/mol. The van der Waals surface area contributed by atoms with E-state index in [2.05, 4.69) is 10.0 Å². The molecule has 2 N–H and O–H groups in total. The fourth-order valence-electron chi connectivity index (χ4n) is 2.18. The Morgan fingerprint density at radius 3 is 2.21 bits per heavy atom. The second-order valence-electron chi connectivity index (χ2n) is 5.41. The summed E-state index contributed by atoms with van der Waals surface area (Å²) in [6.45, 7) is 3.21. The van der Waals surface area contributed by atoms with Crippen LogP contribution in [0.2, 0.25) is 0 Å². The monoisotopic (exact) mass is 350 g/mol. The van der Waals surface area contributed by atoms with Gasteiger partial charge in [-0.25, -0.2) is 12.8 Å². The third kappa shape index (κ3) is 4.39. The topological polar surface area (TPSA) is 75.3 Å². The van der Waals surface area contributed by atoms with Crippen LogP contribution in [0, 0.1) is 5.82 Å². The lowest BCUT2D eigenvalue weighted by atomic mass is 10.1. The molecule has 7 heteroatoms. The van der Waals surface area contributed by atoms with E-state index in [0.29, 0.717) is 0 Å². The molecule has 0 aliphatic rings. The average molecular weight is 350 g/mol. The minimum absolute atomic E-state index is 0.279. The number of carbonyl (C=O) groups excluding carboxylic acids is 1. The summed E-state index contributed by atoms with van der Waals surface area (Å²) >= 11 is 0. The minimum atomic E-state index is -4.12. The van der Waals surface area contributed by atoms with Crippen LogP contribution >= 0.6 is 0 Å². The van der Waals surface area contributed by atoms with Crippen molar-refractivity contribution in [3.05, 3.63) is 66.0 Å². The van der Waals surface area contributed by atoms with Crippen molar-refractivity contribution in [2.45, 2.75) is 30.8 Å². The van der Waals surface area contributed by atoms with Crippen LogP contribution in [0.5, 0.6) is 0 Å². The number of benzene rings is 2. The molecule has 24 heavy (non-hydrogen) atoms. The van der Waals surface area contributed by atoms with Crippen LogP contribution in [-0.4, -0.2) is 20.4 Å². The van der Waals surface area contributed by atoms with Crippen molar-refractivity contribution in [3.8, 4) is 0 Å². The van der Waals surface area contributed by atoms with Crippen LogP contribution in [0.4, 0.5) is 4.39 Å². The van der Waals surface area contributed by atoms with Crippen molar-refractivity contribution in [1.82, 2.24) is 10.0 Å². The number of carbonyl (C=O) groups is 1. The number of hydrogen-bond donors (Lipinski definition) is 2. The van der Waals surface area contributed by atoms with E-state index in [0.717, 1.165) is 17.7 Å². The molecule has 0 spiro atoms. The summed E-state index contributed by atoms with van der Waals surface area (Å²) in [7, 11) is -4.12. The van der Waals surface area contributed by atoms with Gasteiger partial charge >= 0.3 is 0 Å². The smallest absolute Gasteiger partial charge is 0.244 e. The summed E-state index contributed by atoms with van der Waals surface area (Å²) in [5.41, 5.74) is 0.898. The van der Waals surface area contributed by atoms with Gasteiger partial charge in [0.15, 0.2) is 0 Å². The maximum Gasteiger partial charge on any atom is 0.244 e. The Hall–Kier alpha value is -2.25. The number of amides is 1. The molecular formula is C17H19FN2O3S. The van der Waals surface area contributed by atoms with Gasteiger partial charge in [-0.05, 0) is 31.5 Å². The van der Waals surface area contributed by atoms with Gasteiger partial charge in [0.05, 0.1) is 12.1 Å². The van der Waals surface area contributed by atoms with Gasteiger partial charge in [0.1, 0.15) is 10.7 Å². The Balaban J connectivity index is 2.05. The summed E-state index contributed by atoms with van der Waals surface area (Å²) in [5, 5.41) is 2.72. The molecule has 0 saturated carbocycles. The van der Waals surface area contributed by atoms with Crippen LogP contribution in [-0.2, 0) is 14.8 Å². The largest absolute Gasteiger partial charge is 0.348 e. The maximum atomic E-state index is 13.6. The zero-order valence-electron chi connectivity index (χ0n) is 13.4. The number of hydrogen-bond acceptors (Lipinski definition) is 3. The molecule has 1 amide bonds. The molecular weight excluding hydrogens is 331 g/mol. The quantitative estimate of drug-likeness (QED) is 0.840. The molecule has 2 atom stereocenters. The van der Waals surface area contributed by atoms with Crippen molar-refractivity contribution in [2.24, 2.45) is 0 Å². The molecule has 0 fully saturated rings. The van der Waals surface area contributed by atoms with Crippen LogP contribution in [0.3, 0.4) is 0 Å². The summed E-state index contributed by atoms with van der Waals surface area (Å²) in [6.07, 6.45) is 0. The average Bonchev–Trinajstić information content (AvgIpc) is 2.55. The van der Waals surface area contributed by atoms with Crippen molar-refractivity contribution in [2.75, 3.05) is 0 Å².